The average molecular weight is 300 g/mol. The molecule has 0 saturated heterocycles. The minimum atomic E-state index is -3.72. The number of hydrogen-bond donors (Lipinski definition) is 3. The van der Waals surface area contributed by atoms with Crippen LogP contribution in [0, 0.1) is 0 Å². The van der Waals surface area contributed by atoms with E-state index >= 15 is 0 Å². The van der Waals surface area contributed by atoms with E-state index in [1.807, 2.05) is 0 Å². The quantitative estimate of drug-likeness (QED) is 0.756. The van der Waals surface area contributed by atoms with Gasteiger partial charge >= 0.3 is 0 Å². The van der Waals surface area contributed by atoms with E-state index < -0.39 is 10.0 Å². The summed E-state index contributed by atoms with van der Waals surface area (Å²) in [6, 6.07) is 13.1. The molecule has 5 N–H and O–H groups in total. The van der Waals surface area contributed by atoms with Gasteiger partial charge in [-0.05, 0) is 24.3 Å². The van der Waals surface area contributed by atoms with Gasteiger partial charge in [0.2, 0.25) is 0 Å². The topological polar surface area (TPSA) is 98.2 Å². The summed E-state index contributed by atoms with van der Waals surface area (Å²) in [6.07, 6.45) is 0. The highest BCUT2D eigenvalue weighted by molar-refractivity contribution is 7.92. The third kappa shape index (κ3) is 3.30. The molecule has 102 valence electrons. The van der Waals surface area contributed by atoms with Crippen LogP contribution in [0.5, 0.6) is 0 Å². The smallest absolute Gasteiger partial charge is 0.264 e. The van der Waals surface area contributed by atoms with Gasteiger partial charge in [-0.15, -0.1) is 12.4 Å². The monoisotopic (exact) mass is 299 g/mol. The summed E-state index contributed by atoms with van der Waals surface area (Å²) in [6.45, 7) is 0. The lowest BCUT2D eigenvalue weighted by Gasteiger charge is -2.11. The summed E-state index contributed by atoms with van der Waals surface area (Å²) in [7, 11) is -3.72. The number of hydrogen-bond acceptors (Lipinski definition) is 4. The first-order valence-corrected chi connectivity index (χ1v) is 6.71. The summed E-state index contributed by atoms with van der Waals surface area (Å²) in [4.78, 5) is -0.0219. The van der Waals surface area contributed by atoms with E-state index in [4.69, 9.17) is 11.5 Å². The molecule has 0 aliphatic rings. The first-order valence-electron chi connectivity index (χ1n) is 5.22. The second kappa shape index (κ2) is 5.81. The van der Waals surface area contributed by atoms with Crippen LogP contribution in [0.4, 0.5) is 17.1 Å². The molecular weight excluding hydrogens is 286 g/mol. The summed E-state index contributed by atoms with van der Waals surface area (Å²) in [5.41, 5.74) is 12.0. The second-order valence-corrected chi connectivity index (χ2v) is 5.38. The molecule has 0 fully saturated rings. The van der Waals surface area contributed by atoms with E-state index in [9.17, 15) is 8.42 Å². The SMILES string of the molecule is Cl.Nc1cccc(S(=O)(=O)Nc2ccccc2)c1N. The molecule has 0 spiro atoms. The molecule has 0 saturated carbocycles. The zero-order valence-corrected chi connectivity index (χ0v) is 11.5. The van der Waals surface area contributed by atoms with E-state index in [-0.39, 0.29) is 28.7 Å². The maximum atomic E-state index is 12.1. The molecule has 19 heavy (non-hydrogen) atoms. The van der Waals surface area contributed by atoms with Crippen molar-refractivity contribution in [1.29, 1.82) is 0 Å². The molecule has 0 aliphatic heterocycles. The highest BCUT2D eigenvalue weighted by atomic mass is 35.5. The number of rotatable bonds is 3. The van der Waals surface area contributed by atoms with Gasteiger partial charge < -0.3 is 11.5 Å². The number of nitrogen functional groups attached to an aromatic ring is 2. The third-order valence-corrected chi connectivity index (χ3v) is 3.85. The van der Waals surface area contributed by atoms with E-state index in [0.717, 1.165) is 0 Å². The Balaban J connectivity index is 0.00000180. The minimum absolute atomic E-state index is 0. The zero-order valence-electron chi connectivity index (χ0n) is 9.91. The Morgan fingerprint density at radius 2 is 1.53 bits per heavy atom. The normalized spacial score (nSPS) is 10.5. The number of para-hydroxylation sites is 2. The van der Waals surface area contributed by atoms with Gasteiger partial charge in [0.05, 0.1) is 11.4 Å². The molecule has 7 heteroatoms. The van der Waals surface area contributed by atoms with Crippen LogP contribution >= 0.6 is 12.4 Å². The number of anilines is 3. The maximum Gasteiger partial charge on any atom is 0.264 e. The van der Waals surface area contributed by atoms with Crippen LogP contribution in [0.25, 0.3) is 0 Å². The summed E-state index contributed by atoms with van der Waals surface area (Å²) in [5.74, 6) is 0. The van der Waals surface area contributed by atoms with Crippen LogP contribution in [0.3, 0.4) is 0 Å². The molecule has 0 bridgehead atoms. The lowest BCUT2D eigenvalue weighted by molar-refractivity contribution is 0.601. The number of nitrogens with one attached hydrogen (secondary N) is 1. The fourth-order valence-electron chi connectivity index (χ4n) is 1.51. The van der Waals surface area contributed by atoms with Gasteiger partial charge in [-0.1, -0.05) is 24.3 Å². The maximum absolute atomic E-state index is 12.1. The van der Waals surface area contributed by atoms with Gasteiger partial charge in [0.25, 0.3) is 10.0 Å². The minimum Gasteiger partial charge on any atom is -0.397 e. The van der Waals surface area contributed by atoms with Gasteiger partial charge in [-0.25, -0.2) is 8.42 Å². The second-order valence-electron chi connectivity index (χ2n) is 3.73. The molecule has 0 heterocycles. The van der Waals surface area contributed by atoms with Crippen molar-refractivity contribution >= 4 is 39.5 Å². The average Bonchev–Trinajstić information content (AvgIpc) is 2.33. The fraction of sp³-hybridized carbons (Fsp3) is 0. The van der Waals surface area contributed by atoms with Crippen LogP contribution < -0.4 is 16.2 Å². The molecular formula is C12H14ClN3O2S. The van der Waals surface area contributed by atoms with Crippen molar-refractivity contribution in [2.75, 3.05) is 16.2 Å². The van der Waals surface area contributed by atoms with Crippen molar-refractivity contribution in [2.45, 2.75) is 4.90 Å². The van der Waals surface area contributed by atoms with Crippen LogP contribution in [0.15, 0.2) is 53.4 Å². The highest BCUT2D eigenvalue weighted by Crippen LogP contribution is 2.25. The van der Waals surface area contributed by atoms with Crippen molar-refractivity contribution in [1.82, 2.24) is 0 Å². The van der Waals surface area contributed by atoms with Crippen molar-refractivity contribution in [3.63, 3.8) is 0 Å². The molecule has 2 rings (SSSR count). The van der Waals surface area contributed by atoms with Gasteiger partial charge in [0.15, 0.2) is 0 Å². The predicted octanol–water partition coefficient (Wildman–Crippen LogP) is 2.07. The van der Waals surface area contributed by atoms with Gasteiger partial charge in [0.1, 0.15) is 4.90 Å². The molecule has 0 unspecified atom stereocenters. The molecule has 2 aromatic rings. The van der Waals surface area contributed by atoms with Crippen LogP contribution in [0.2, 0.25) is 0 Å². The molecule has 5 nitrogen and oxygen atoms in total. The highest BCUT2D eigenvalue weighted by Gasteiger charge is 2.18. The zero-order chi connectivity index (χ0) is 13.2. The van der Waals surface area contributed by atoms with Crippen LogP contribution in [0.1, 0.15) is 0 Å². The van der Waals surface area contributed by atoms with Gasteiger partial charge in [-0.2, -0.15) is 0 Å². The molecule has 0 atom stereocenters. The number of sulfonamides is 1. The van der Waals surface area contributed by atoms with E-state index in [1.54, 1.807) is 42.5 Å². The summed E-state index contributed by atoms with van der Waals surface area (Å²) in [5, 5.41) is 0. The molecule has 0 aromatic heterocycles. The first-order chi connectivity index (χ1) is 8.50. The van der Waals surface area contributed by atoms with Crippen molar-refractivity contribution in [2.24, 2.45) is 0 Å². The molecule has 0 aliphatic carbocycles. The third-order valence-electron chi connectivity index (χ3n) is 2.42. The van der Waals surface area contributed by atoms with E-state index in [0.29, 0.717) is 5.69 Å². The fourth-order valence-corrected chi connectivity index (χ4v) is 2.73. The van der Waals surface area contributed by atoms with Crippen molar-refractivity contribution in [3.05, 3.63) is 48.5 Å². The van der Waals surface area contributed by atoms with Crippen molar-refractivity contribution < 1.29 is 8.42 Å². The Bertz CT molecular complexity index is 660. The van der Waals surface area contributed by atoms with Gasteiger partial charge in [-0.3, -0.25) is 4.72 Å². The number of benzene rings is 2. The van der Waals surface area contributed by atoms with Crippen molar-refractivity contribution in [3.8, 4) is 0 Å². The molecule has 0 amide bonds. The molecule has 2 aromatic carbocycles. The van der Waals surface area contributed by atoms with Crippen LogP contribution in [-0.4, -0.2) is 8.42 Å². The van der Waals surface area contributed by atoms with Gasteiger partial charge in [0, 0.05) is 5.69 Å². The standard InChI is InChI=1S/C12H13N3O2S.ClH/c13-10-7-4-8-11(12(10)14)18(16,17)15-9-5-2-1-3-6-9;/h1-8,15H,13-14H2;1H. The Labute approximate surface area is 118 Å². The Kier molecular flexibility index (Phi) is 4.63. The largest absolute Gasteiger partial charge is 0.397 e. The number of halogens is 1. The Hall–Kier alpha value is -1.92. The molecule has 0 radical (unpaired) electrons. The predicted molar refractivity (Wildman–Crippen MR) is 79.8 cm³/mol. The lowest BCUT2D eigenvalue weighted by Crippen LogP contribution is -2.15. The first kappa shape index (κ1) is 15.1. The Morgan fingerprint density at radius 3 is 2.16 bits per heavy atom. The number of nitrogens with two attached hydrogens (primary N) is 2. The van der Waals surface area contributed by atoms with E-state index in [2.05, 4.69) is 4.72 Å². The van der Waals surface area contributed by atoms with E-state index in [1.165, 1.54) is 6.07 Å². The van der Waals surface area contributed by atoms with Crippen LogP contribution in [-0.2, 0) is 10.0 Å². The Morgan fingerprint density at radius 1 is 0.895 bits per heavy atom. The summed E-state index contributed by atoms with van der Waals surface area (Å²) < 4.78 is 26.7. The lowest BCUT2D eigenvalue weighted by atomic mass is 10.3. The summed E-state index contributed by atoms with van der Waals surface area (Å²) >= 11 is 0.